The standard InChI is InChI=1S/C14H12O5/c1-2-7(14(18)19)10-11(15)8-5-3-4-6-9(8)12(16)13(10)17/h3-7,15H,2H2,1H3,(H,18,19). The smallest absolute Gasteiger partial charge is 0.311 e. The summed E-state index contributed by atoms with van der Waals surface area (Å²) < 4.78 is 0. The van der Waals surface area contributed by atoms with Crippen molar-refractivity contribution in [2.24, 2.45) is 5.92 Å². The molecule has 0 amide bonds. The Morgan fingerprint density at radius 1 is 1.16 bits per heavy atom. The highest BCUT2D eigenvalue weighted by Crippen LogP contribution is 2.32. The van der Waals surface area contributed by atoms with Crippen molar-refractivity contribution in [3.63, 3.8) is 0 Å². The highest BCUT2D eigenvalue weighted by atomic mass is 16.4. The van der Waals surface area contributed by atoms with Crippen LogP contribution >= 0.6 is 0 Å². The molecule has 98 valence electrons. The number of aliphatic hydroxyl groups is 1. The lowest BCUT2D eigenvalue weighted by Crippen LogP contribution is -2.31. The molecular formula is C14H12O5. The number of rotatable bonds is 3. The first-order valence-corrected chi connectivity index (χ1v) is 5.83. The number of hydrogen-bond acceptors (Lipinski definition) is 4. The van der Waals surface area contributed by atoms with Crippen molar-refractivity contribution in [3.05, 3.63) is 41.0 Å². The molecule has 1 unspecified atom stereocenters. The van der Waals surface area contributed by atoms with E-state index in [1.807, 2.05) is 0 Å². The number of carboxylic acids is 1. The normalized spacial score (nSPS) is 16.3. The molecule has 0 aliphatic heterocycles. The molecule has 0 spiro atoms. The van der Waals surface area contributed by atoms with Crippen LogP contribution in [0.15, 0.2) is 29.8 Å². The van der Waals surface area contributed by atoms with Gasteiger partial charge in [-0.1, -0.05) is 31.2 Å². The number of aliphatic carboxylic acids is 1. The summed E-state index contributed by atoms with van der Waals surface area (Å²) in [5.74, 6) is -4.53. The van der Waals surface area contributed by atoms with Crippen LogP contribution in [0.3, 0.4) is 0 Å². The van der Waals surface area contributed by atoms with Gasteiger partial charge < -0.3 is 10.2 Å². The van der Waals surface area contributed by atoms with Crippen molar-refractivity contribution >= 4 is 23.3 Å². The SMILES string of the molecule is CCC(C(=O)O)C1=C(O)c2ccccc2C(=O)C1=O. The molecule has 1 atom stereocenters. The molecule has 1 aliphatic rings. The van der Waals surface area contributed by atoms with E-state index in [4.69, 9.17) is 5.11 Å². The van der Waals surface area contributed by atoms with Crippen LogP contribution in [0.4, 0.5) is 0 Å². The van der Waals surface area contributed by atoms with Crippen molar-refractivity contribution in [2.45, 2.75) is 13.3 Å². The third-order valence-electron chi connectivity index (χ3n) is 3.19. The van der Waals surface area contributed by atoms with Gasteiger partial charge in [0.1, 0.15) is 5.76 Å². The predicted molar refractivity (Wildman–Crippen MR) is 66.7 cm³/mol. The molecular weight excluding hydrogens is 248 g/mol. The maximum Gasteiger partial charge on any atom is 0.311 e. The summed E-state index contributed by atoms with van der Waals surface area (Å²) in [5.41, 5.74) is -0.00510. The van der Waals surface area contributed by atoms with Crippen LogP contribution in [0, 0.1) is 5.92 Å². The fraction of sp³-hybridized carbons (Fsp3) is 0.214. The second-order valence-corrected chi connectivity index (χ2v) is 4.27. The minimum Gasteiger partial charge on any atom is -0.507 e. The molecule has 1 aromatic carbocycles. The number of carbonyl (C=O) groups excluding carboxylic acids is 2. The van der Waals surface area contributed by atoms with Crippen LogP contribution in [-0.2, 0) is 9.59 Å². The van der Waals surface area contributed by atoms with Gasteiger partial charge in [0.15, 0.2) is 0 Å². The van der Waals surface area contributed by atoms with Gasteiger partial charge >= 0.3 is 5.97 Å². The lowest BCUT2D eigenvalue weighted by Gasteiger charge is -2.21. The molecule has 0 saturated heterocycles. The van der Waals surface area contributed by atoms with E-state index in [1.165, 1.54) is 12.1 Å². The van der Waals surface area contributed by atoms with Gasteiger partial charge in [0.05, 0.1) is 11.5 Å². The largest absolute Gasteiger partial charge is 0.507 e. The van der Waals surface area contributed by atoms with Gasteiger partial charge in [0, 0.05) is 11.1 Å². The van der Waals surface area contributed by atoms with E-state index in [1.54, 1.807) is 19.1 Å². The Balaban J connectivity index is 2.69. The summed E-state index contributed by atoms with van der Waals surface area (Å²) in [6, 6.07) is 6.11. The fourth-order valence-electron chi connectivity index (χ4n) is 2.21. The molecule has 1 aromatic rings. The zero-order chi connectivity index (χ0) is 14.2. The number of carboxylic acid groups (broad SMARTS) is 1. The van der Waals surface area contributed by atoms with Crippen LogP contribution in [-0.4, -0.2) is 27.7 Å². The first-order valence-electron chi connectivity index (χ1n) is 5.83. The summed E-state index contributed by atoms with van der Waals surface area (Å²) in [5, 5.41) is 19.2. The molecule has 0 bridgehead atoms. The van der Waals surface area contributed by atoms with Crippen LogP contribution in [0.25, 0.3) is 5.76 Å². The molecule has 1 aliphatic carbocycles. The van der Waals surface area contributed by atoms with Gasteiger partial charge in [-0.15, -0.1) is 0 Å². The molecule has 0 aromatic heterocycles. The average molecular weight is 260 g/mol. The topological polar surface area (TPSA) is 91.7 Å². The molecule has 5 heteroatoms. The highest BCUT2D eigenvalue weighted by molar-refractivity contribution is 6.52. The van der Waals surface area contributed by atoms with Crippen LogP contribution in [0.2, 0.25) is 0 Å². The van der Waals surface area contributed by atoms with Crippen molar-refractivity contribution in [2.75, 3.05) is 0 Å². The van der Waals surface area contributed by atoms with Crippen LogP contribution in [0.1, 0.15) is 29.3 Å². The third-order valence-corrected chi connectivity index (χ3v) is 3.19. The van der Waals surface area contributed by atoms with Crippen LogP contribution < -0.4 is 0 Å². The van der Waals surface area contributed by atoms with E-state index < -0.39 is 29.2 Å². The fourth-order valence-corrected chi connectivity index (χ4v) is 2.21. The monoisotopic (exact) mass is 260 g/mol. The Bertz CT molecular complexity index is 612. The minimum absolute atomic E-state index is 0.106. The third kappa shape index (κ3) is 1.93. The number of fused-ring (bicyclic) bond motifs is 1. The lowest BCUT2D eigenvalue weighted by atomic mass is 9.81. The molecule has 0 heterocycles. The van der Waals surface area contributed by atoms with Crippen LogP contribution in [0.5, 0.6) is 0 Å². The summed E-state index contributed by atoms with van der Waals surface area (Å²) in [7, 11) is 0. The van der Waals surface area contributed by atoms with Crippen molar-refractivity contribution in [3.8, 4) is 0 Å². The molecule has 2 N–H and O–H groups in total. The number of Topliss-reactive ketones (excluding diaryl/α,β-unsaturated/α-hetero) is 2. The maximum absolute atomic E-state index is 12.0. The summed E-state index contributed by atoms with van der Waals surface area (Å²) in [4.78, 5) is 35.0. The molecule has 2 rings (SSSR count). The van der Waals surface area contributed by atoms with Crippen molar-refractivity contribution < 1.29 is 24.6 Å². The van der Waals surface area contributed by atoms with Gasteiger partial charge in [-0.25, -0.2) is 0 Å². The first kappa shape index (κ1) is 13.0. The zero-order valence-electron chi connectivity index (χ0n) is 10.2. The van der Waals surface area contributed by atoms with E-state index in [-0.39, 0.29) is 23.1 Å². The number of ketones is 2. The molecule has 0 radical (unpaired) electrons. The van der Waals surface area contributed by atoms with Gasteiger partial charge in [-0.2, -0.15) is 0 Å². The summed E-state index contributed by atoms with van der Waals surface area (Å²) >= 11 is 0. The number of carbonyl (C=O) groups is 3. The minimum atomic E-state index is -1.23. The van der Waals surface area contributed by atoms with Gasteiger partial charge in [-0.05, 0) is 6.42 Å². The Labute approximate surface area is 109 Å². The second-order valence-electron chi connectivity index (χ2n) is 4.27. The molecule has 5 nitrogen and oxygen atoms in total. The average Bonchev–Trinajstić information content (AvgIpc) is 2.40. The lowest BCUT2D eigenvalue weighted by molar-refractivity contribution is -0.141. The summed E-state index contributed by atoms with van der Waals surface area (Å²) in [6.45, 7) is 1.58. The molecule has 19 heavy (non-hydrogen) atoms. The summed E-state index contributed by atoms with van der Waals surface area (Å²) in [6.07, 6.45) is 0.121. The maximum atomic E-state index is 12.0. The van der Waals surface area contributed by atoms with E-state index in [0.29, 0.717) is 0 Å². The zero-order valence-corrected chi connectivity index (χ0v) is 10.2. The Hall–Kier alpha value is -2.43. The van der Waals surface area contributed by atoms with Gasteiger partial charge in [0.2, 0.25) is 11.6 Å². The number of hydrogen-bond donors (Lipinski definition) is 2. The first-order chi connectivity index (χ1) is 8.99. The van der Waals surface area contributed by atoms with Crippen molar-refractivity contribution in [1.82, 2.24) is 0 Å². The van der Waals surface area contributed by atoms with E-state index in [2.05, 4.69) is 0 Å². The number of benzene rings is 1. The Kier molecular flexibility index (Phi) is 3.21. The van der Waals surface area contributed by atoms with E-state index in [0.717, 1.165) is 0 Å². The van der Waals surface area contributed by atoms with E-state index in [9.17, 15) is 19.5 Å². The predicted octanol–water partition coefficient (Wildman–Crippen LogP) is 1.83. The number of aliphatic hydroxyl groups excluding tert-OH is 1. The molecule has 0 fully saturated rings. The van der Waals surface area contributed by atoms with Gasteiger partial charge in [0.25, 0.3) is 0 Å². The Morgan fingerprint density at radius 2 is 1.74 bits per heavy atom. The van der Waals surface area contributed by atoms with Gasteiger partial charge in [-0.3, -0.25) is 14.4 Å². The Morgan fingerprint density at radius 3 is 2.26 bits per heavy atom. The van der Waals surface area contributed by atoms with Crippen molar-refractivity contribution in [1.29, 1.82) is 0 Å². The molecule has 0 saturated carbocycles. The quantitative estimate of drug-likeness (QED) is 0.809. The van der Waals surface area contributed by atoms with E-state index >= 15 is 0 Å². The second kappa shape index (κ2) is 4.68. The highest BCUT2D eigenvalue weighted by Gasteiger charge is 2.38.